The molecule has 0 spiro atoms. The van der Waals surface area contributed by atoms with Gasteiger partial charge in [-0.1, -0.05) is 44.2 Å². The van der Waals surface area contributed by atoms with Gasteiger partial charge in [0.05, 0.1) is 0 Å². The van der Waals surface area contributed by atoms with E-state index in [1.165, 1.54) is 0 Å². The SMILES string of the molecule is CCC(C)c1ccccc1OCC(=O)NCc1cccc(OCC(=O)O)c1. The lowest BCUT2D eigenvalue weighted by molar-refractivity contribution is -0.139. The van der Waals surface area contributed by atoms with Gasteiger partial charge in [0.1, 0.15) is 11.5 Å². The third kappa shape index (κ3) is 6.66. The molecular formula is C21H25NO5. The van der Waals surface area contributed by atoms with Crippen LogP contribution in [0.2, 0.25) is 0 Å². The zero-order chi connectivity index (χ0) is 19.6. The number of para-hydroxylation sites is 1. The van der Waals surface area contributed by atoms with Gasteiger partial charge in [0.25, 0.3) is 5.91 Å². The van der Waals surface area contributed by atoms with Gasteiger partial charge in [-0.3, -0.25) is 4.79 Å². The molecule has 0 radical (unpaired) electrons. The van der Waals surface area contributed by atoms with Gasteiger partial charge in [-0.25, -0.2) is 4.79 Å². The summed E-state index contributed by atoms with van der Waals surface area (Å²) in [5, 5.41) is 11.4. The van der Waals surface area contributed by atoms with Crippen molar-refractivity contribution < 1.29 is 24.2 Å². The number of ether oxygens (including phenoxy) is 2. The molecule has 2 rings (SSSR count). The molecule has 2 aromatic rings. The highest BCUT2D eigenvalue weighted by molar-refractivity contribution is 5.77. The number of aliphatic carboxylic acids is 1. The Bertz CT molecular complexity index is 775. The van der Waals surface area contributed by atoms with Crippen LogP contribution in [0.4, 0.5) is 0 Å². The first-order chi connectivity index (χ1) is 13.0. The minimum Gasteiger partial charge on any atom is -0.483 e. The smallest absolute Gasteiger partial charge is 0.341 e. The lowest BCUT2D eigenvalue weighted by atomic mass is 9.98. The minimum absolute atomic E-state index is 0.0668. The van der Waals surface area contributed by atoms with Crippen molar-refractivity contribution in [2.24, 2.45) is 0 Å². The van der Waals surface area contributed by atoms with Crippen molar-refractivity contribution in [2.75, 3.05) is 13.2 Å². The van der Waals surface area contributed by atoms with E-state index in [2.05, 4.69) is 19.2 Å². The molecule has 1 atom stereocenters. The summed E-state index contributed by atoms with van der Waals surface area (Å²) in [7, 11) is 0. The summed E-state index contributed by atoms with van der Waals surface area (Å²) < 4.78 is 10.8. The first-order valence-electron chi connectivity index (χ1n) is 8.91. The van der Waals surface area contributed by atoms with Crippen LogP contribution in [-0.2, 0) is 16.1 Å². The number of carboxylic acids is 1. The largest absolute Gasteiger partial charge is 0.483 e. The fourth-order valence-corrected chi connectivity index (χ4v) is 2.52. The molecule has 1 amide bonds. The van der Waals surface area contributed by atoms with Gasteiger partial charge in [0, 0.05) is 6.54 Å². The molecule has 1 unspecified atom stereocenters. The van der Waals surface area contributed by atoms with Gasteiger partial charge in [-0.2, -0.15) is 0 Å². The first kappa shape index (κ1) is 20.3. The topological polar surface area (TPSA) is 84.9 Å². The quantitative estimate of drug-likeness (QED) is 0.669. The Balaban J connectivity index is 1.85. The van der Waals surface area contributed by atoms with E-state index in [-0.39, 0.29) is 12.5 Å². The van der Waals surface area contributed by atoms with Crippen molar-refractivity contribution in [3.8, 4) is 11.5 Å². The molecule has 0 bridgehead atoms. The highest BCUT2D eigenvalue weighted by atomic mass is 16.5. The molecule has 0 aliphatic carbocycles. The summed E-state index contributed by atoms with van der Waals surface area (Å²) in [5.74, 6) is 0.265. The molecule has 2 aromatic carbocycles. The summed E-state index contributed by atoms with van der Waals surface area (Å²) in [4.78, 5) is 22.6. The predicted octanol–water partition coefficient (Wildman–Crippen LogP) is 3.36. The van der Waals surface area contributed by atoms with E-state index in [4.69, 9.17) is 14.6 Å². The Hall–Kier alpha value is -3.02. The number of nitrogens with one attached hydrogen (secondary N) is 1. The van der Waals surface area contributed by atoms with E-state index in [1.54, 1.807) is 18.2 Å². The number of carboxylic acid groups (broad SMARTS) is 1. The van der Waals surface area contributed by atoms with Gasteiger partial charge < -0.3 is 19.9 Å². The summed E-state index contributed by atoms with van der Waals surface area (Å²) in [6.45, 7) is 4.07. The molecule has 6 heteroatoms. The molecule has 0 heterocycles. The second-order valence-corrected chi connectivity index (χ2v) is 6.24. The number of carbonyl (C=O) groups is 2. The third-order valence-corrected chi connectivity index (χ3v) is 4.17. The monoisotopic (exact) mass is 371 g/mol. The van der Waals surface area contributed by atoms with Crippen molar-refractivity contribution in [3.05, 3.63) is 59.7 Å². The Morgan fingerprint density at radius 1 is 1.07 bits per heavy atom. The second-order valence-electron chi connectivity index (χ2n) is 6.24. The molecule has 0 aliphatic heterocycles. The summed E-state index contributed by atoms with van der Waals surface area (Å²) in [6.07, 6.45) is 0.993. The zero-order valence-electron chi connectivity index (χ0n) is 15.6. The number of hydrogen-bond acceptors (Lipinski definition) is 4. The Morgan fingerprint density at radius 2 is 1.85 bits per heavy atom. The van der Waals surface area contributed by atoms with Crippen LogP contribution < -0.4 is 14.8 Å². The average molecular weight is 371 g/mol. The molecule has 6 nitrogen and oxygen atoms in total. The molecule has 144 valence electrons. The Labute approximate surface area is 159 Å². The highest BCUT2D eigenvalue weighted by Crippen LogP contribution is 2.28. The van der Waals surface area contributed by atoms with Crippen LogP contribution >= 0.6 is 0 Å². The normalized spacial score (nSPS) is 11.5. The van der Waals surface area contributed by atoms with Crippen LogP contribution in [0, 0.1) is 0 Å². The minimum atomic E-state index is -1.04. The van der Waals surface area contributed by atoms with Crippen molar-refractivity contribution in [1.29, 1.82) is 0 Å². The van der Waals surface area contributed by atoms with Crippen LogP contribution in [0.1, 0.15) is 37.3 Å². The van der Waals surface area contributed by atoms with E-state index in [1.807, 2.05) is 30.3 Å². The maximum atomic E-state index is 12.1. The third-order valence-electron chi connectivity index (χ3n) is 4.17. The zero-order valence-corrected chi connectivity index (χ0v) is 15.6. The van der Waals surface area contributed by atoms with Crippen LogP contribution in [0.15, 0.2) is 48.5 Å². The number of rotatable bonds is 10. The Kier molecular flexibility index (Phi) is 7.67. The molecule has 0 saturated heterocycles. The van der Waals surface area contributed by atoms with Crippen LogP contribution in [0.5, 0.6) is 11.5 Å². The second kappa shape index (κ2) is 10.2. The van der Waals surface area contributed by atoms with Crippen molar-refractivity contribution in [1.82, 2.24) is 5.32 Å². The number of benzene rings is 2. The standard InChI is InChI=1S/C21H25NO5/c1-3-15(2)18-9-4-5-10-19(18)27-13-20(23)22-12-16-7-6-8-17(11-16)26-14-21(24)25/h4-11,15H,3,12-14H2,1-2H3,(H,22,23)(H,24,25). The van der Waals surface area contributed by atoms with Gasteiger partial charge in [-0.15, -0.1) is 0 Å². The number of amides is 1. The molecule has 27 heavy (non-hydrogen) atoms. The maximum absolute atomic E-state index is 12.1. The molecule has 0 fully saturated rings. The van der Waals surface area contributed by atoms with Gasteiger partial charge in [0.15, 0.2) is 13.2 Å². The van der Waals surface area contributed by atoms with Gasteiger partial charge in [0.2, 0.25) is 0 Å². The summed E-state index contributed by atoms with van der Waals surface area (Å²) in [6, 6.07) is 14.7. The summed E-state index contributed by atoms with van der Waals surface area (Å²) >= 11 is 0. The van der Waals surface area contributed by atoms with E-state index in [0.29, 0.717) is 18.2 Å². The van der Waals surface area contributed by atoms with Crippen LogP contribution in [0.3, 0.4) is 0 Å². The lowest BCUT2D eigenvalue weighted by Crippen LogP contribution is -2.28. The van der Waals surface area contributed by atoms with E-state index < -0.39 is 12.6 Å². The van der Waals surface area contributed by atoms with Crippen LogP contribution in [-0.4, -0.2) is 30.2 Å². The fraction of sp³-hybridized carbons (Fsp3) is 0.333. The van der Waals surface area contributed by atoms with Crippen molar-refractivity contribution in [2.45, 2.75) is 32.7 Å². The van der Waals surface area contributed by atoms with Gasteiger partial charge in [-0.05, 0) is 41.7 Å². The fourth-order valence-electron chi connectivity index (χ4n) is 2.52. The van der Waals surface area contributed by atoms with E-state index in [0.717, 1.165) is 23.3 Å². The molecule has 0 saturated carbocycles. The maximum Gasteiger partial charge on any atom is 0.341 e. The first-order valence-corrected chi connectivity index (χ1v) is 8.91. The molecule has 0 aromatic heterocycles. The highest BCUT2D eigenvalue weighted by Gasteiger charge is 2.11. The number of carbonyl (C=O) groups excluding carboxylic acids is 1. The predicted molar refractivity (Wildman–Crippen MR) is 102 cm³/mol. The lowest BCUT2D eigenvalue weighted by Gasteiger charge is -2.15. The molecule has 0 aliphatic rings. The van der Waals surface area contributed by atoms with E-state index >= 15 is 0 Å². The molecule has 2 N–H and O–H groups in total. The van der Waals surface area contributed by atoms with Crippen LogP contribution in [0.25, 0.3) is 0 Å². The van der Waals surface area contributed by atoms with E-state index in [9.17, 15) is 9.59 Å². The van der Waals surface area contributed by atoms with Crippen molar-refractivity contribution in [3.63, 3.8) is 0 Å². The average Bonchev–Trinajstić information content (AvgIpc) is 2.69. The van der Waals surface area contributed by atoms with Gasteiger partial charge >= 0.3 is 5.97 Å². The van der Waals surface area contributed by atoms with Crippen molar-refractivity contribution >= 4 is 11.9 Å². The number of hydrogen-bond donors (Lipinski definition) is 2. The summed E-state index contributed by atoms with van der Waals surface area (Å²) in [5.41, 5.74) is 1.90. The Morgan fingerprint density at radius 3 is 2.59 bits per heavy atom. The molecular weight excluding hydrogens is 346 g/mol.